The van der Waals surface area contributed by atoms with Crippen LogP contribution in [0.3, 0.4) is 0 Å². The van der Waals surface area contributed by atoms with Crippen LogP contribution in [0.5, 0.6) is 0 Å². The Balaban J connectivity index is 1.54. The Labute approximate surface area is 181 Å². The summed E-state index contributed by atoms with van der Waals surface area (Å²) in [4.78, 5) is 38.0. The maximum absolute atomic E-state index is 13.4. The Morgan fingerprint density at radius 3 is 2.38 bits per heavy atom. The molecule has 1 N–H and O–H groups in total. The van der Waals surface area contributed by atoms with Crippen molar-refractivity contribution < 1.29 is 18.4 Å². The number of rotatable bonds is 7. The predicted molar refractivity (Wildman–Crippen MR) is 112 cm³/mol. The van der Waals surface area contributed by atoms with Gasteiger partial charge in [0.15, 0.2) is 11.6 Å². The van der Waals surface area contributed by atoms with Gasteiger partial charge in [0, 0.05) is 35.9 Å². The molecule has 32 heavy (non-hydrogen) atoms. The first-order valence-corrected chi connectivity index (χ1v) is 9.64. The molecule has 9 heteroatoms. The van der Waals surface area contributed by atoms with Gasteiger partial charge in [0.1, 0.15) is 17.7 Å². The van der Waals surface area contributed by atoms with E-state index in [9.17, 15) is 18.4 Å². The van der Waals surface area contributed by atoms with Crippen molar-refractivity contribution in [1.29, 1.82) is 0 Å². The minimum atomic E-state index is -0.940. The van der Waals surface area contributed by atoms with Crippen molar-refractivity contribution in [2.24, 2.45) is 0 Å². The topological polar surface area (TPSA) is 89.8 Å². The van der Waals surface area contributed by atoms with Crippen molar-refractivity contribution in [1.82, 2.24) is 24.8 Å². The summed E-state index contributed by atoms with van der Waals surface area (Å²) < 4.78 is 28.3. The van der Waals surface area contributed by atoms with E-state index in [1.54, 1.807) is 23.0 Å². The van der Waals surface area contributed by atoms with Gasteiger partial charge in [-0.25, -0.2) is 23.7 Å². The summed E-state index contributed by atoms with van der Waals surface area (Å²) in [7, 11) is 0. The molecule has 1 amide bonds. The summed E-state index contributed by atoms with van der Waals surface area (Å²) in [5.74, 6) is -1.57. The van der Waals surface area contributed by atoms with Gasteiger partial charge in [0.25, 0.3) is 5.91 Å². The van der Waals surface area contributed by atoms with Crippen molar-refractivity contribution >= 4 is 11.7 Å². The molecule has 4 rings (SSSR count). The molecule has 2 heterocycles. The van der Waals surface area contributed by atoms with E-state index < -0.39 is 23.6 Å². The van der Waals surface area contributed by atoms with Crippen LogP contribution in [0.4, 0.5) is 8.78 Å². The Hall–Kier alpha value is -4.27. The fourth-order valence-corrected chi connectivity index (χ4v) is 3.08. The van der Waals surface area contributed by atoms with E-state index in [-0.39, 0.29) is 29.3 Å². The molecule has 0 aliphatic carbocycles. The highest BCUT2D eigenvalue weighted by Gasteiger charge is 2.24. The number of hydrogen-bond donors (Lipinski definition) is 1. The van der Waals surface area contributed by atoms with Gasteiger partial charge in [0.05, 0.1) is 18.4 Å². The number of ketones is 1. The molecule has 1 atom stereocenters. The molecular formula is C23H17F2N5O2. The summed E-state index contributed by atoms with van der Waals surface area (Å²) in [5.41, 5.74) is 0.864. The first-order valence-electron chi connectivity index (χ1n) is 9.64. The van der Waals surface area contributed by atoms with Gasteiger partial charge in [-0.2, -0.15) is 0 Å². The molecule has 0 fully saturated rings. The first kappa shape index (κ1) is 21.0. The number of carbonyl (C=O) groups is 2. The third kappa shape index (κ3) is 4.89. The zero-order valence-corrected chi connectivity index (χ0v) is 16.7. The highest BCUT2D eigenvalue weighted by atomic mass is 19.1. The molecule has 160 valence electrons. The van der Waals surface area contributed by atoms with Crippen LogP contribution in [0.1, 0.15) is 20.7 Å². The number of hydrogen-bond acceptors (Lipinski definition) is 5. The van der Waals surface area contributed by atoms with Crippen molar-refractivity contribution in [3.63, 3.8) is 0 Å². The molecule has 0 radical (unpaired) electrons. The van der Waals surface area contributed by atoms with E-state index in [1.807, 2.05) is 0 Å². The number of amides is 1. The van der Waals surface area contributed by atoms with E-state index >= 15 is 0 Å². The summed E-state index contributed by atoms with van der Waals surface area (Å²) >= 11 is 0. The van der Waals surface area contributed by atoms with Gasteiger partial charge in [-0.05, 0) is 36.4 Å². The second-order valence-corrected chi connectivity index (χ2v) is 6.96. The fourth-order valence-electron chi connectivity index (χ4n) is 3.08. The Kier molecular flexibility index (Phi) is 6.07. The van der Waals surface area contributed by atoms with Crippen LogP contribution >= 0.6 is 0 Å². The van der Waals surface area contributed by atoms with E-state index in [1.165, 1.54) is 61.2 Å². The van der Waals surface area contributed by atoms with Crippen molar-refractivity contribution in [3.05, 3.63) is 102 Å². The van der Waals surface area contributed by atoms with Crippen LogP contribution in [-0.2, 0) is 6.54 Å². The molecule has 0 saturated heterocycles. The number of aromatic nitrogens is 4. The van der Waals surface area contributed by atoms with Crippen LogP contribution in [0.15, 0.2) is 79.6 Å². The maximum atomic E-state index is 13.4. The highest BCUT2D eigenvalue weighted by molar-refractivity contribution is 6.04. The molecule has 2 aromatic carbocycles. The van der Waals surface area contributed by atoms with E-state index in [0.29, 0.717) is 5.56 Å². The van der Waals surface area contributed by atoms with Gasteiger partial charge in [-0.15, -0.1) is 0 Å². The van der Waals surface area contributed by atoms with Crippen LogP contribution < -0.4 is 5.32 Å². The number of imidazole rings is 1. The standard InChI is InChI=1S/C23H17F2N5O2/c24-18-6-4-15(5-7-18)21(31)20(13-30-9-8-26-14-30)29-23(32)17-11-27-22(28-12-17)16-2-1-3-19(25)10-16/h1-12,14,20H,13H2,(H,29,32). The lowest BCUT2D eigenvalue weighted by Crippen LogP contribution is -2.43. The Bertz CT molecular complexity index is 1230. The lowest BCUT2D eigenvalue weighted by molar-refractivity contribution is 0.0847. The zero-order chi connectivity index (χ0) is 22.5. The monoisotopic (exact) mass is 433 g/mol. The fraction of sp³-hybridized carbons (Fsp3) is 0.0870. The Morgan fingerprint density at radius 1 is 0.969 bits per heavy atom. The number of halogens is 2. The van der Waals surface area contributed by atoms with Crippen molar-refractivity contribution in [3.8, 4) is 11.4 Å². The van der Waals surface area contributed by atoms with Crippen LogP contribution in [0.25, 0.3) is 11.4 Å². The quantitative estimate of drug-likeness (QED) is 0.452. The lowest BCUT2D eigenvalue weighted by atomic mass is 10.0. The van der Waals surface area contributed by atoms with Gasteiger partial charge in [0.2, 0.25) is 0 Å². The molecule has 7 nitrogen and oxygen atoms in total. The number of nitrogens with zero attached hydrogens (tertiary/aromatic N) is 4. The predicted octanol–water partition coefficient (Wildman–Crippen LogP) is 3.30. The lowest BCUT2D eigenvalue weighted by Gasteiger charge is -2.18. The molecule has 2 aromatic heterocycles. The minimum absolute atomic E-state index is 0.129. The third-order valence-electron chi connectivity index (χ3n) is 4.70. The average Bonchev–Trinajstić information content (AvgIpc) is 3.32. The summed E-state index contributed by atoms with van der Waals surface area (Å²) in [6, 6.07) is 9.94. The third-order valence-corrected chi connectivity index (χ3v) is 4.70. The molecule has 4 aromatic rings. The summed E-state index contributed by atoms with van der Waals surface area (Å²) in [6.45, 7) is 0.129. The normalized spacial score (nSPS) is 11.7. The van der Waals surface area contributed by atoms with Crippen molar-refractivity contribution in [2.45, 2.75) is 12.6 Å². The maximum Gasteiger partial charge on any atom is 0.255 e. The second-order valence-electron chi connectivity index (χ2n) is 6.96. The molecule has 0 bridgehead atoms. The molecule has 0 aliphatic heterocycles. The summed E-state index contributed by atoms with van der Waals surface area (Å²) in [6.07, 6.45) is 7.35. The number of Topliss-reactive ketones (excluding diaryl/α,β-unsaturated/α-hetero) is 1. The first-order chi connectivity index (χ1) is 15.5. The van der Waals surface area contributed by atoms with Gasteiger partial charge >= 0.3 is 0 Å². The highest BCUT2D eigenvalue weighted by Crippen LogP contribution is 2.15. The Morgan fingerprint density at radius 2 is 1.72 bits per heavy atom. The molecular weight excluding hydrogens is 416 g/mol. The smallest absolute Gasteiger partial charge is 0.255 e. The van der Waals surface area contributed by atoms with Crippen LogP contribution in [0.2, 0.25) is 0 Å². The largest absolute Gasteiger partial charge is 0.340 e. The number of benzene rings is 2. The molecule has 1 unspecified atom stereocenters. The molecule has 0 spiro atoms. The molecule has 0 saturated carbocycles. The average molecular weight is 433 g/mol. The van der Waals surface area contributed by atoms with Gasteiger partial charge in [-0.1, -0.05) is 12.1 Å². The number of carbonyl (C=O) groups excluding carboxylic acids is 2. The minimum Gasteiger partial charge on any atom is -0.340 e. The summed E-state index contributed by atoms with van der Waals surface area (Å²) in [5, 5.41) is 2.68. The second kappa shape index (κ2) is 9.25. The van der Waals surface area contributed by atoms with E-state index in [2.05, 4.69) is 20.3 Å². The van der Waals surface area contributed by atoms with Crippen LogP contribution in [0, 0.1) is 11.6 Å². The van der Waals surface area contributed by atoms with Gasteiger partial charge in [-0.3, -0.25) is 9.59 Å². The van der Waals surface area contributed by atoms with Crippen molar-refractivity contribution in [2.75, 3.05) is 0 Å². The SMILES string of the molecule is O=C(NC(Cn1ccnc1)C(=O)c1ccc(F)cc1)c1cnc(-c2cccc(F)c2)nc1. The van der Waals surface area contributed by atoms with Crippen LogP contribution in [-0.4, -0.2) is 37.3 Å². The van der Waals surface area contributed by atoms with Gasteiger partial charge < -0.3 is 9.88 Å². The zero-order valence-electron chi connectivity index (χ0n) is 16.7. The molecule has 0 aliphatic rings. The van der Waals surface area contributed by atoms with E-state index in [4.69, 9.17) is 0 Å². The van der Waals surface area contributed by atoms with E-state index in [0.717, 1.165) is 0 Å². The number of nitrogens with one attached hydrogen (secondary N) is 1.